The standard InChI is InChI=1S/C21H15ClN4O3/c22-16-12-15(21(27)20-13(16)7-5-11-24-20)19(25-18-9-3-4-10-23-18)14-6-1-2-8-17(14)26(28)29/h1-12,19,27H,(H,23,25)/p+1/t19-/m0/s1. The number of nitrogens with zero attached hydrogens (tertiary/aromatic N) is 2. The minimum absolute atomic E-state index is 0.0717. The second kappa shape index (κ2) is 7.73. The van der Waals surface area contributed by atoms with E-state index in [1.807, 2.05) is 12.1 Å². The van der Waals surface area contributed by atoms with Crippen molar-refractivity contribution in [2.45, 2.75) is 6.04 Å². The minimum atomic E-state index is -0.751. The van der Waals surface area contributed by atoms with Crippen LogP contribution in [-0.2, 0) is 0 Å². The van der Waals surface area contributed by atoms with E-state index in [-0.39, 0.29) is 11.4 Å². The van der Waals surface area contributed by atoms with Crippen molar-refractivity contribution >= 4 is 34.0 Å². The number of para-hydroxylation sites is 1. The Hall–Kier alpha value is -3.71. The summed E-state index contributed by atoms with van der Waals surface area (Å²) in [4.78, 5) is 18.5. The zero-order chi connectivity index (χ0) is 20.4. The number of hydrogen-bond donors (Lipinski definition) is 2. The average Bonchev–Trinajstić information content (AvgIpc) is 2.75. The highest BCUT2D eigenvalue weighted by molar-refractivity contribution is 6.35. The third-order valence-electron chi connectivity index (χ3n) is 4.61. The van der Waals surface area contributed by atoms with Gasteiger partial charge in [0.1, 0.15) is 11.3 Å². The average molecular weight is 408 g/mol. The van der Waals surface area contributed by atoms with Crippen molar-refractivity contribution in [1.82, 2.24) is 4.98 Å². The molecule has 0 saturated heterocycles. The Morgan fingerprint density at radius 1 is 1.10 bits per heavy atom. The molecule has 4 rings (SSSR count). The lowest BCUT2D eigenvalue weighted by Gasteiger charge is -2.18. The number of phenolic OH excluding ortho intramolecular Hbond substituents is 1. The fourth-order valence-electron chi connectivity index (χ4n) is 3.29. The van der Waals surface area contributed by atoms with Crippen molar-refractivity contribution in [3.8, 4) is 5.75 Å². The summed E-state index contributed by atoms with van der Waals surface area (Å²) in [6, 6.07) is 16.2. The van der Waals surface area contributed by atoms with Gasteiger partial charge < -0.3 is 5.11 Å². The Bertz CT molecular complexity index is 1200. The molecule has 0 amide bonds. The summed E-state index contributed by atoms with van der Waals surface area (Å²) in [5, 5.41) is 26.8. The number of aromatic amines is 1. The van der Waals surface area contributed by atoms with Gasteiger partial charge in [0.25, 0.3) is 11.5 Å². The lowest BCUT2D eigenvalue weighted by molar-refractivity contribution is -0.385. The first kappa shape index (κ1) is 18.6. The summed E-state index contributed by atoms with van der Waals surface area (Å²) >= 11 is 6.45. The van der Waals surface area contributed by atoms with Crippen molar-refractivity contribution in [1.29, 1.82) is 0 Å². The number of anilines is 1. The third-order valence-corrected chi connectivity index (χ3v) is 4.92. The number of H-pyrrole nitrogens is 1. The van der Waals surface area contributed by atoms with Crippen molar-refractivity contribution in [2.24, 2.45) is 0 Å². The van der Waals surface area contributed by atoms with E-state index in [0.717, 1.165) is 0 Å². The summed E-state index contributed by atoms with van der Waals surface area (Å²) in [5.74, 6) is 0.531. The van der Waals surface area contributed by atoms with E-state index >= 15 is 0 Å². The number of fused-ring (bicyclic) bond motifs is 1. The molecule has 0 radical (unpaired) electrons. The maximum absolute atomic E-state index is 11.6. The molecule has 1 atom stereocenters. The number of nitro groups is 1. The number of pyridine rings is 2. The van der Waals surface area contributed by atoms with E-state index < -0.39 is 11.0 Å². The molecular weight excluding hydrogens is 392 g/mol. The quantitative estimate of drug-likeness (QED) is 0.374. The fraction of sp³-hybridized carbons (Fsp3) is 0.0476. The number of rotatable bonds is 5. The molecule has 0 fully saturated rings. The normalized spacial score (nSPS) is 11.9. The van der Waals surface area contributed by atoms with E-state index in [0.29, 0.717) is 32.9 Å². The molecule has 144 valence electrons. The number of nitro benzene ring substituents is 1. The van der Waals surface area contributed by atoms with Gasteiger partial charge in [0.2, 0.25) is 0 Å². The predicted octanol–water partition coefficient (Wildman–Crippen LogP) is 4.52. The first-order valence-corrected chi connectivity index (χ1v) is 9.16. The van der Waals surface area contributed by atoms with Gasteiger partial charge in [-0.3, -0.25) is 20.4 Å². The number of phenols is 1. The van der Waals surface area contributed by atoms with Gasteiger partial charge in [-0.15, -0.1) is 0 Å². The molecule has 2 aromatic heterocycles. The lowest BCUT2D eigenvalue weighted by Crippen LogP contribution is -2.20. The molecule has 2 heterocycles. The maximum atomic E-state index is 11.6. The Morgan fingerprint density at radius 2 is 1.90 bits per heavy atom. The van der Waals surface area contributed by atoms with E-state index in [2.05, 4.69) is 15.3 Å². The molecule has 0 spiro atoms. The van der Waals surface area contributed by atoms with Crippen molar-refractivity contribution in [3.05, 3.63) is 99.3 Å². The number of hydrogen-bond acceptors (Lipinski definition) is 5. The zero-order valence-corrected chi connectivity index (χ0v) is 15.8. The van der Waals surface area contributed by atoms with Crippen LogP contribution in [0.1, 0.15) is 17.2 Å². The van der Waals surface area contributed by atoms with Crippen molar-refractivity contribution in [3.63, 3.8) is 0 Å². The number of aromatic nitrogens is 2. The van der Waals surface area contributed by atoms with Crippen LogP contribution < -0.4 is 10.3 Å². The third kappa shape index (κ3) is 3.55. The Kier molecular flexibility index (Phi) is 4.97. The Morgan fingerprint density at radius 3 is 2.66 bits per heavy atom. The molecule has 0 aliphatic carbocycles. The van der Waals surface area contributed by atoms with Gasteiger partial charge in [0, 0.05) is 29.3 Å². The monoisotopic (exact) mass is 407 g/mol. The van der Waals surface area contributed by atoms with E-state index in [1.165, 1.54) is 6.07 Å². The van der Waals surface area contributed by atoms with Gasteiger partial charge in [-0.05, 0) is 30.3 Å². The molecule has 3 N–H and O–H groups in total. The lowest BCUT2D eigenvalue weighted by atomic mass is 9.95. The van der Waals surface area contributed by atoms with Gasteiger partial charge in [-0.25, -0.2) is 4.98 Å². The molecule has 0 bridgehead atoms. The van der Waals surface area contributed by atoms with Crippen LogP contribution in [0.2, 0.25) is 5.02 Å². The van der Waals surface area contributed by atoms with Gasteiger partial charge in [-0.1, -0.05) is 29.8 Å². The number of nitrogens with one attached hydrogen (secondary N) is 2. The molecular formula is C21H16ClN4O3+. The van der Waals surface area contributed by atoms with Crippen LogP contribution in [0.3, 0.4) is 0 Å². The summed E-state index contributed by atoms with van der Waals surface area (Å²) in [5.41, 5.74) is 1.03. The summed E-state index contributed by atoms with van der Waals surface area (Å²) in [6.45, 7) is 0. The topological polar surface area (TPSA) is 102 Å². The molecule has 29 heavy (non-hydrogen) atoms. The van der Waals surface area contributed by atoms with Crippen LogP contribution in [0.15, 0.2) is 73.1 Å². The highest BCUT2D eigenvalue weighted by atomic mass is 35.5. The number of halogens is 1. The predicted molar refractivity (Wildman–Crippen MR) is 110 cm³/mol. The molecule has 8 heteroatoms. The molecule has 0 unspecified atom stereocenters. The van der Waals surface area contributed by atoms with Crippen LogP contribution in [0.25, 0.3) is 10.9 Å². The number of aromatic hydroxyl groups is 1. The first-order valence-electron chi connectivity index (χ1n) is 8.79. The van der Waals surface area contributed by atoms with Gasteiger partial charge in [0.15, 0.2) is 6.04 Å². The van der Waals surface area contributed by atoms with Crippen LogP contribution in [0, 0.1) is 10.1 Å². The second-order valence-electron chi connectivity index (χ2n) is 6.37. The van der Waals surface area contributed by atoms with Gasteiger partial charge in [-0.2, -0.15) is 0 Å². The van der Waals surface area contributed by atoms with Crippen LogP contribution in [0.4, 0.5) is 11.5 Å². The van der Waals surface area contributed by atoms with Crippen LogP contribution in [-0.4, -0.2) is 15.0 Å². The van der Waals surface area contributed by atoms with Crippen LogP contribution in [0.5, 0.6) is 5.75 Å². The summed E-state index contributed by atoms with van der Waals surface area (Å²) in [7, 11) is 0. The largest absolute Gasteiger partial charge is 0.505 e. The molecule has 0 aliphatic rings. The number of benzene rings is 2. The van der Waals surface area contributed by atoms with Gasteiger partial charge >= 0.3 is 0 Å². The molecule has 7 nitrogen and oxygen atoms in total. The smallest absolute Gasteiger partial charge is 0.277 e. The highest BCUT2D eigenvalue weighted by Crippen LogP contribution is 2.41. The van der Waals surface area contributed by atoms with Gasteiger partial charge in [0.05, 0.1) is 21.7 Å². The molecule has 0 saturated carbocycles. The van der Waals surface area contributed by atoms with Crippen molar-refractivity contribution in [2.75, 3.05) is 5.32 Å². The Balaban J connectivity index is 1.96. The molecule has 4 aromatic rings. The second-order valence-corrected chi connectivity index (χ2v) is 6.77. The zero-order valence-electron chi connectivity index (χ0n) is 15.0. The fourth-order valence-corrected chi connectivity index (χ4v) is 3.56. The SMILES string of the molecule is O=[N+]([O-])c1ccccc1[C@H](Nc1cccc[nH+]1)c1cc(Cl)c2cccnc2c1O. The highest BCUT2D eigenvalue weighted by Gasteiger charge is 2.30. The maximum Gasteiger partial charge on any atom is 0.277 e. The minimum Gasteiger partial charge on any atom is -0.505 e. The van der Waals surface area contributed by atoms with Crippen molar-refractivity contribution < 1.29 is 15.0 Å². The molecule has 0 aliphatic heterocycles. The Labute approximate surface area is 170 Å². The first-order chi connectivity index (χ1) is 14.1. The molecule has 2 aromatic carbocycles. The van der Waals surface area contributed by atoms with E-state index in [9.17, 15) is 15.2 Å². The van der Waals surface area contributed by atoms with Crippen LogP contribution >= 0.6 is 11.6 Å². The van der Waals surface area contributed by atoms with E-state index in [1.54, 1.807) is 54.9 Å². The summed E-state index contributed by atoms with van der Waals surface area (Å²) in [6.07, 6.45) is 3.29. The van der Waals surface area contributed by atoms with E-state index in [4.69, 9.17) is 11.6 Å². The summed E-state index contributed by atoms with van der Waals surface area (Å²) < 4.78 is 0.